The molecule has 1 aliphatic rings. The van der Waals surface area contributed by atoms with E-state index < -0.39 is 10.0 Å². The molecular weight excluding hydrogens is 404 g/mol. The normalized spacial score (nSPS) is 14.3. The highest BCUT2D eigenvalue weighted by Crippen LogP contribution is 2.28. The van der Waals surface area contributed by atoms with Crippen LogP contribution in [0.3, 0.4) is 0 Å². The van der Waals surface area contributed by atoms with Crippen molar-refractivity contribution in [3.8, 4) is 0 Å². The Morgan fingerprint density at radius 1 is 1.07 bits per heavy atom. The number of amides is 1. The lowest BCUT2D eigenvalue weighted by molar-refractivity contribution is 0.0954. The Hall–Kier alpha value is -2.48. The van der Waals surface area contributed by atoms with Gasteiger partial charge in [0.15, 0.2) is 0 Å². The van der Waals surface area contributed by atoms with Crippen molar-refractivity contribution in [2.45, 2.75) is 24.3 Å². The number of thiophene rings is 1. The van der Waals surface area contributed by atoms with Crippen LogP contribution >= 0.6 is 11.3 Å². The molecule has 0 saturated carbocycles. The van der Waals surface area contributed by atoms with Crippen LogP contribution in [0.4, 0.5) is 0 Å². The lowest BCUT2D eigenvalue weighted by Gasteiger charge is -2.26. The van der Waals surface area contributed by atoms with Crippen LogP contribution < -0.4 is 5.32 Å². The molecule has 2 aromatic carbocycles. The van der Waals surface area contributed by atoms with Gasteiger partial charge in [0.1, 0.15) is 0 Å². The molecule has 0 spiro atoms. The standard InChI is InChI=1S/C22H22N2O3S2/c25-22(23-12-9-17-5-2-1-3-6-17)18-7-4-8-20(15-18)29(26,27)24-13-10-21-19(16-24)11-14-28-21/h1-8,11,14-15H,9-10,12-13,16H2,(H,23,25). The van der Waals surface area contributed by atoms with Gasteiger partial charge in [0, 0.05) is 30.1 Å². The zero-order valence-corrected chi connectivity index (χ0v) is 17.5. The first-order valence-electron chi connectivity index (χ1n) is 9.51. The number of benzene rings is 2. The van der Waals surface area contributed by atoms with Crippen molar-refractivity contribution in [2.24, 2.45) is 0 Å². The Morgan fingerprint density at radius 2 is 1.90 bits per heavy atom. The van der Waals surface area contributed by atoms with Gasteiger partial charge < -0.3 is 5.32 Å². The number of carbonyl (C=O) groups is 1. The van der Waals surface area contributed by atoms with E-state index in [0.29, 0.717) is 25.2 Å². The first-order chi connectivity index (χ1) is 14.0. The van der Waals surface area contributed by atoms with Crippen LogP contribution in [0.5, 0.6) is 0 Å². The largest absolute Gasteiger partial charge is 0.352 e. The van der Waals surface area contributed by atoms with Crippen molar-refractivity contribution in [3.63, 3.8) is 0 Å². The molecule has 0 radical (unpaired) electrons. The van der Waals surface area contributed by atoms with E-state index in [0.717, 1.165) is 24.0 Å². The molecule has 5 nitrogen and oxygen atoms in total. The number of carbonyl (C=O) groups excluding carboxylic acids is 1. The lowest BCUT2D eigenvalue weighted by atomic mass is 10.1. The highest BCUT2D eigenvalue weighted by Gasteiger charge is 2.29. The van der Waals surface area contributed by atoms with Crippen LogP contribution in [0, 0.1) is 0 Å². The topological polar surface area (TPSA) is 66.5 Å². The summed E-state index contributed by atoms with van der Waals surface area (Å²) in [6.45, 7) is 1.34. The van der Waals surface area contributed by atoms with Gasteiger partial charge in [-0.25, -0.2) is 8.42 Å². The van der Waals surface area contributed by atoms with Crippen LogP contribution in [0.1, 0.15) is 26.4 Å². The van der Waals surface area contributed by atoms with E-state index in [1.807, 2.05) is 41.8 Å². The second kappa shape index (κ2) is 8.49. The molecule has 0 saturated heterocycles. The summed E-state index contributed by atoms with van der Waals surface area (Å²) < 4.78 is 27.7. The van der Waals surface area contributed by atoms with Crippen LogP contribution in [0.15, 0.2) is 70.9 Å². The number of nitrogens with zero attached hydrogens (tertiary/aromatic N) is 1. The van der Waals surface area contributed by atoms with Gasteiger partial charge in [0.2, 0.25) is 10.0 Å². The Bertz CT molecular complexity index is 1110. The van der Waals surface area contributed by atoms with E-state index >= 15 is 0 Å². The third kappa shape index (κ3) is 4.42. The molecule has 1 aliphatic heterocycles. The van der Waals surface area contributed by atoms with Crippen molar-refractivity contribution in [3.05, 3.63) is 87.6 Å². The molecule has 0 aliphatic carbocycles. The number of fused-ring (bicyclic) bond motifs is 1. The number of hydrogen-bond acceptors (Lipinski definition) is 4. The van der Waals surface area contributed by atoms with Gasteiger partial charge in [-0.05, 0) is 53.6 Å². The minimum absolute atomic E-state index is 0.159. The van der Waals surface area contributed by atoms with E-state index in [-0.39, 0.29) is 10.8 Å². The van der Waals surface area contributed by atoms with Gasteiger partial charge in [-0.3, -0.25) is 4.79 Å². The third-order valence-corrected chi connectivity index (χ3v) is 7.91. The molecule has 1 N–H and O–H groups in total. The lowest BCUT2D eigenvalue weighted by Crippen LogP contribution is -2.35. The predicted octanol–water partition coefficient (Wildman–Crippen LogP) is 3.47. The van der Waals surface area contributed by atoms with E-state index in [2.05, 4.69) is 5.32 Å². The molecule has 29 heavy (non-hydrogen) atoms. The number of hydrogen-bond donors (Lipinski definition) is 1. The minimum Gasteiger partial charge on any atom is -0.352 e. The van der Waals surface area contributed by atoms with Gasteiger partial charge in [0.25, 0.3) is 5.91 Å². The number of sulfonamides is 1. The van der Waals surface area contributed by atoms with Crippen molar-refractivity contribution in [1.29, 1.82) is 0 Å². The number of nitrogens with one attached hydrogen (secondary N) is 1. The van der Waals surface area contributed by atoms with Gasteiger partial charge in [-0.1, -0.05) is 36.4 Å². The zero-order valence-electron chi connectivity index (χ0n) is 15.9. The monoisotopic (exact) mass is 426 g/mol. The van der Waals surface area contributed by atoms with Gasteiger partial charge in [0.05, 0.1) is 4.90 Å². The summed E-state index contributed by atoms with van der Waals surface area (Å²) in [5.41, 5.74) is 2.56. The summed E-state index contributed by atoms with van der Waals surface area (Å²) in [4.78, 5) is 13.9. The molecule has 2 heterocycles. The van der Waals surface area contributed by atoms with Gasteiger partial charge >= 0.3 is 0 Å². The molecule has 0 atom stereocenters. The molecular formula is C22H22N2O3S2. The molecule has 4 rings (SSSR count). The third-order valence-electron chi connectivity index (χ3n) is 5.05. The Morgan fingerprint density at radius 3 is 2.72 bits per heavy atom. The maximum absolute atomic E-state index is 13.1. The maximum Gasteiger partial charge on any atom is 0.251 e. The maximum atomic E-state index is 13.1. The summed E-state index contributed by atoms with van der Waals surface area (Å²) in [6, 6.07) is 18.2. The second-order valence-electron chi connectivity index (χ2n) is 6.98. The fraction of sp³-hybridized carbons (Fsp3) is 0.227. The first kappa shape index (κ1) is 19.8. The average Bonchev–Trinajstić information content (AvgIpc) is 3.22. The summed E-state index contributed by atoms with van der Waals surface area (Å²) in [7, 11) is -3.64. The van der Waals surface area contributed by atoms with Gasteiger partial charge in [-0.2, -0.15) is 4.31 Å². The molecule has 3 aromatic rings. The van der Waals surface area contributed by atoms with Crippen LogP contribution in [-0.4, -0.2) is 31.7 Å². The Kier molecular flexibility index (Phi) is 5.80. The Labute approximate surface area is 175 Å². The molecule has 0 fully saturated rings. The zero-order chi connectivity index (χ0) is 20.3. The fourth-order valence-corrected chi connectivity index (χ4v) is 5.80. The van der Waals surface area contributed by atoms with Crippen LogP contribution in [0.2, 0.25) is 0 Å². The first-order valence-corrected chi connectivity index (χ1v) is 11.8. The fourth-order valence-electron chi connectivity index (χ4n) is 3.44. The Balaban J connectivity index is 1.44. The number of rotatable bonds is 6. The van der Waals surface area contributed by atoms with E-state index in [1.165, 1.54) is 15.2 Å². The molecule has 1 amide bonds. The summed E-state index contributed by atoms with van der Waals surface area (Å²) in [6.07, 6.45) is 1.45. The van der Waals surface area contributed by atoms with Crippen molar-refractivity contribution in [2.75, 3.05) is 13.1 Å². The van der Waals surface area contributed by atoms with E-state index in [1.54, 1.807) is 29.5 Å². The van der Waals surface area contributed by atoms with Crippen molar-refractivity contribution in [1.82, 2.24) is 9.62 Å². The van der Waals surface area contributed by atoms with E-state index in [9.17, 15) is 13.2 Å². The SMILES string of the molecule is O=C(NCCc1ccccc1)c1cccc(S(=O)(=O)N2CCc3sccc3C2)c1. The van der Waals surface area contributed by atoms with Crippen LogP contribution in [0.25, 0.3) is 0 Å². The minimum atomic E-state index is -3.64. The van der Waals surface area contributed by atoms with Crippen molar-refractivity contribution < 1.29 is 13.2 Å². The molecule has 1 aromatic heterocycles. The summed E-state index contributed by atoms with van der Waals surface area (Å²) in [5, 5.41) is 4.87. The summed E-state index contributed by atoms with van der Waals surface area (Å²) in [5.74, 6) is -0.267. The highest BCUT2D eigenvalue weighted by atomic mass is 32.2. The van der Waals surface area contributed by atoms with E-state index in [4.69, 9.17) is 0 Å². The van der Waals surface area contributed by atoms with Gasteiger partial charge in [-0.15, -0.1) is 11.3 Å². The van der Waals surface area contributed by atoms with Crippen molar-refractivity contribution >= 4 is 27.3 Å². The highest BCUT2D eigenvalue weighted by molar-refractivity contribution is 7.89. The average molecular weight is 427 g/mol. The smallest absolute Gasteiger partial charge is 0.251 e. The molecule has 150 valence electrons. The summed E-state index contributed by atoms with van der Waals surface area (Å²) >= 11 is 1.67. The quantitative estimate of drug-likeness (QED) is 0.656. The predicted molar refractivity (Wildman–Crippen MR) is 115 cm³/mol. The van der Waals surface area contributed by atoms with Crippen LogP contribution in [-0.2, 0) is 29.4 Å². The molecule has 7 heteroatoms. The second-order valence-corrected chi connectivity index (χ2v) is 9.92. The molecule has 0 unspecified atom stereocenters. The molecule has 0 bridgehead atoms.